The summed E-state index contributed by atoms with van der Waals surface area (Å²) in [5, 5.41) is 10.6. The lowest BCUT2D eigenvalue weighted by molar-refractivity contribution is -0.133. The van der Waals surface area contributed by atoms with Gasteiger partial charge in [-0.1, -0.05) is 30.3 Å². The highest BCUT2D eigenvalue weighted by molar-refractivity contribution is 7.99. The van der Waals surface area contributed by atoms with E-state index >= 15 is 0 Å². The summed E-state index contributed by atoms with van der Waals surface area (Å²) >= 11 is 1.55. The molecule has 1 amide bonds. The summed E-state index contributed by atoms with van der Waals surface area (Å²) in [5.74, 6) is 0.665. The molecule has 2 aliphatic rings. The Labute approximate surface area is 161 Å². The molecule has 3 rings (SSSR count). The minimum Gasteiger partial charge on any atom is -0.390 e. The number of aliphatic hydroxyl groups excluding tert-OH is 1. The molecule has 0 bridgehead atoms. The number of carbonyl (C=O) groups is 1. The van der Waals surface area contributed by atoms with Crippen molar-refractivity contribution in [3.8, 4) is 0 Å². The monoisotopic (exact) mass is 377 g/mol. The molecule has 2 heterocycles. The third-order valence-corrected chi connectivity index (χ3v) is 6.14. The topological polar surface area (TPSA) is 47.0 Å². The van der Waals surface area contributed by atoms with Crippen LogP contribution < -0.4 is 0 Å². The zero-order valence-corrected chi connectivity index (χ0v) is 16.5. The Balaban J connectivity index is 1.41. The first-order valence-corrected chi connectivity index (χ1v) is 11.0. The number of piperazine rings is 1. The van der Waals surface area contributed by atoms with Gasteiger partial charge in [-0.25, -0.2) is 0 Å². The average Bonchev–Trinajstić information content (AvgIpc) is 2.68. The number of β-amino-alcohol motifs (C(OH)–C–C–N with tert-alkyl or cyclic N) is 1. The van der Waals surface area contributed by atoms with E-state index in [1.54, 1.807) is 11.8 Å². The Kier molecular flexibility index (Phi) is 7.37. The zero-order chi connectivity index (χ0) is 18.4. The van der Waals surface area contributed by atoms with Crippen LogP contribution in [0.25, 0.3) is 0 Å². The smallest absolute Gasteiger partial charge is 0.232 e. The molecule has 1 N–H and O–H groups in total. The van der Waals surface area contributed by atoms with Crippen molar-refractivity contribution in [2.24, 2.45) is 0 Å². The Morgan fingerprint density at radius 1 is 1.15 bits per heavy atom. The van der Waals surface area contributed by atoms with Crippen LogP contribution in [0.4, 0.5) is 0 Å². The first-order chi connectivity index (χ1) is 12.7. The van der Waals surface area contributed by atoms with E-state index in [0.29, 0.717) is 12.3 Å². The van der Waals surface area contributed by atoms with Crippen LogP contribution in [0.5, 0.6) is 0 Å². The number of carbonyl (C=O) groups excluding carboxylic acids is 1. The Morgan fingerprint density at radius 2 is 1.88 bits per heavy atom. The SMILES string of the molecule is CSCC(=O)N1CC[C@@H](N2CCN(CCc3ccccc3)CC2)[C@H](O)C1. The molecule has 0 radical (unpaired) electrons. The summed E-state index contributed by atoms with van der Waals surface area (Å²) < 4.78 is 0. The van der Waals surface area contributed by atoms with Crippen molar-refractivity contribution in [2.75, 3.05) is 57.8 Å². The molecule has 1 aromatic carbocycles. The van der Waals surface area contributed by atoms with Gasteiger partial charge in [-0.2, -0.15) is 11.8 Å². The van der Waals surface area contributed by atoms with Gasteiger partial charge in [0.15, 0.2) is 0 Å². The van der Waals surface area contributed by atoms with Gasteiger partial charge in [-0.15, -0.1) is 0 Å². The molecule has 144 valence electrons. The van der Waals surface area contributed by atoms with E-state index < -0.39 is 6.10 Å². The Hall–Kier alpha value is -1.08. The minimum atomic E-state index is -0.426. The molecule has 0 spiro atoms. The standard InChI is InChI=1S/C20H31N3O2S/c1-26-16-20(25)23-10-8-18(19(24)15-23)22-13-11-21(12-14-22)9-7-17-5-3-2-4-6-17/h2-6,18-19,24H,7-16H2,1H3/t18-,19-/m1/s1. The molecule has 0 aliphatic carbocycles. The van der Waals surface area contributed by atoms with Gasteiger partial charge >= 0.3 is 0 Å². The van der Waals surface area contributed by atoms with Crippen LogP contribution in [-0.2, 0) is 11.2 Å². The number of thioether (sulfide) groups is 1. The highest BCUT2D eigenvalue weighted by Gasteiger charge is 2.34. The quantitative estimate of drug-likeness (QED) is 0.807. The van der Waals surface area contributed by atoms with Gasteiger partial charge in [-0.3, -0.25) is 9.69 Å². The van der Waals surface area contributed by atoms with Crippen LogP contribution in [0.2, 0.25) is 0 Å². The normalized spacial score (nSPS) is 25.4. The molecule has 2 atom stereocenters. The van der Waals surface area contributed by atoms with Crippen LogP contribution >= 0.6 is 11.8 Å². The van der Waals surface area contributed by atoms with Gasteiger partial charge in [0, 0.05) is 51.9 Å². The van der Waals surface area contributed by atoms with Crippen molar-refractivity contribution >= 4 is 17.7 Å². The largest absolute Gasteiger partial charge is 0.390 e. The van der Waals surface area contributed by atoms with Crippen LogP contribution in [0.1, 0.15) is 12.0 Å². The first-order valence-electron chi connectivity index (χ1n) is 9.62. The molecular formula is C20H31N3O2S. The molecule has 2 fully saturated rings. The number of aliphatic hydroxyl groups is 1. The van der Waals surface area contributed by atoms with Crippen LogP contribution in [0.3, 0.4) is 0 Å². The fourth-order valence-electron chi connectivity index (χ4n) is 4.04. The molecular weight excluding hydrogens is 346 g/mol. The van der Waals surface area contributed by atoms with Crippen molar-refractivity contribution in [2.45, 2.75) is 25.0 Å². The number of rotatable bonds is 6. The molecule has 2 saturated heterocycles. The maximum absolute atomic E-state index is 12.0. The van der Waals surface area contributed by atoms with Gasteiger partial charge in [0.05, 0.1) is 11.9 Å². The van der Waals surface area contributed by atoms with E-state index in [1.165, 1.54) is 5.56 Å². The van der Waals surface area contributed by atoms with Gasteiger partial charge in [0.1, 0.15) is 0 Å². The summed E-state index contributed by atoms with van der Waals surface area (Å²) in [5.41, 5.74) is 1.40. The van der Waals surface area contributed by atoms with Crippen LogP contribution in [0, 0.1) is 0 Å². The highest BCUT2D eigenvalue weighted by atomic mass is 32.2. The summed E-state index contributed by atoms with van der Waals surface area (Å²) in [4.78, 5) is 18.8. The number of nitrogens with zero attached hydrogens (tertiary/aromatic N) is 3. The van der Waals surface area contributed by atoms with E-state index in [9.17, 15) is 9.90 Å². The van der Waals surface area contributed by atoms with Gasteiger partial charge in [0.2, 0.25) is 5.91 Å². The molecule has 5 nitrogen and oxygen atoms in total. The van der Waals surface area contributed by atoms with Crippen molar-refractivity contribution in [3.63, 3.8) is 0 Å². The number of hydrogen-bond acceptors (Lipinski definition) is 5. The number of hydrogen-bond donors (Lipinski definition) is 1. The summed E-state index contributed by atoms with van der Waals surface area (Å²) in [7, 11) is 0. The lowest BCUT2D eigenvalue weighted by Gasteiger charge is -2.45. The van der Waals surface area contributed by atoms with Crippen LogP contribution in [0.15, 0.2) is 30.3 Å². The molecule has 0 aromatic heterocycles. The van der Waals surface area contributed by atoms with Crippen molar-refractivity contribution in [3.05, 3.63) is 35.9 Å². The zero-order valence-electron chi connectivity index (χ0n) is 15.7. The van der Waals surface area contributed by atoms with Gasteiger partial charge in [0.25, 0.3) is 0 Å². The second-order valence-electron chi connectivity index (χ2n) is 7.31. The summed E-state index contributed by atoms with van der Waals surface area (Å²) in [6.07, 6.45) is 3.49. The van der Waals surface area contributed by atoms with Crippen LogP contribution in [-0.4, -0.2) is 95.7 Å². The third-order valence-electron chi connectivity index (χ3n) is 5.60. The van der Waals surface area contributed by atoms with E-state index in [4.69, 9.17) is 0 Å². The predicted octanol–water partition coefficient (Wildman–Crippen LogP) is 1.17. The van der Waals surface area contributed by atoms with Gasteiger partial charge in [-0.05, 0) is 24.7 Å². The second-order valence-corrected chi connectivity index (χ2v) is 8.18. The maximum Gasteiger partial charge on any atom is 0.232 e. The average molecular weight is 378 g/mol. The highest BCUT2D eigenvalue weighted by Crippen LogP contribution is 2.20. The lowest BCUT2D eigenvalue weighted by atomic mass is 9.99. The number of piperidine rings is 1. The number of amides is 1. The molecule has 26 heavy (non-hydrogen) atoms. The number of likely N-dealkylation sites (tertiary alicyclic amines) is 1. The molecule has 0 saturated carbocycles. The van der Waals surface area contributed by atoms with Crippen molar-refractivity contribution < 1.29 is 9.90 Å². The Bertz CT molecular complexity index is 563. The summed E-state index contributed by atoms with van der Waals surface area (Å²) in [6.45, 7) is 6.50. The van der Waals surface area contributed by atoms with E-state index in [0.717, 1.165) is 52.1 Å². The molecule has 6 heteroatoms. The van der Waals surface area contributed by atoms with E-state index in [-0.39, 0.29) is 11.9 Å². The first kappa shape index (κ1) is 19.7. The predicted molar refractivity (Wildman–Crippen MR) is 108 cm³/mol. The maximum atomic E-state index is 12.0. The van der Waals surface area contributed by atoms with Crippen molar-refractivity contribution in [1.82, 2.24) is 14.7 Å². The van der Waals surface area contributed by atoms with E-state index in [1.807, 2.05) is 11.2 Å². The molecule has 1 aromatic rings. The van der Waals surface area contributed by atoms with Gasteiger partial charge < -0.3 is 14.9 Å². The lowest BCUT2D eigenvalue weighted by Crippen LogP contribution is -2.59. The van der Waals surface area contributed by atoms with E-state index in [2.05, 4.69) is 40.1 Å². The molecule has 0 unspecified atom stereocenters. The minimum absolute atomic E-state index is 0.153. The Morgan fingerprint density at radius 3 is 2.54 bits per heavy atom. The second kappa shape index (κ2) is 9.74. The fraction of sp³-hybridized carbons (Fsp3) is 0.650. The third kappa shape index (κ3) is 5.22. The molecule has 2 aliphatic heterocycles. The van der Waals surface area contributed by atoms with Crippen molar-refractivity contribution in [1.29, 1.82) is 0 Å². The fourth-order valence-corrected chi connectivity index (χ4v) is 4.47. The number of benzene rings is 1. The summed E-state index contributed by atoms with van der Waals surface area (Å²) in [6, 6.07) is 10.9.